The fraction of sp³-hybridized carbons (Fsp3) is 0.222. The van der Waals surface area contributed by atoms with Crippen LogP contribution in [0.25, 0.3) is 0 Å². The average molecular weight is 422 g/mol. The van der Waals surface area contributed by atoms with Gasteiger partial charge >= 0.3 is 0 Å². The minimum Gasteiger partial charge on any atom is -0.430 e. The van der Waals surface area contributed by atoms with Gasteiger partial charge in [0.2, 0.25) is 0 Å². The molecule has 2 aromatic carbocycles. The maximum Gasteiger partial charge on any atom is 0.298 e. The standard InChI is InChI=1S/C18H16ClN3O3S2/c1-22(27(23,24)16-10-4-13(19)5-11-16)14-6-8-15(9-7-14)25-18-20-17(21-26-18)12-2-3-12/h4-12H,2-3H2,1H3. The predicted molar refractivity (Wildman–Crippen MR) is 105 cm³/mol. The minimum absolute atomic E-state index is 0.177. The van der Waals surface area contributed by atoms with E-state index < -0.39 is 10.0 Å². The quantitative estimate of drug-likeness (QED) is 0.577. The SMILES string of the molecule is CN(c1ccc(Oc2nc(C3CC3)ns2)cc1)S(=O)(=O)c1ccc(Cl)cc1. The number of nitrogens with zero attached hydrogens (tertiary/aromatic N) is 3. The molecule has 0 spiro atoms. The first-order valence-corrected chi connectivity index (χ1v) is 10.9. The van der Waals surface area contributed by atoms with E-state index in [9.17, 15) is 8.42 Å². The summed E-state index contributed by atoms with van der Waals surface area (Å²) in [6.07, 6.45) is 2.28. The number of hydrogen-bond donors (Lipinski definition) is 0. The lowest BCUT2D eigenvalue weighted by Crippen LogP contribution is -2.26. The van der Waals surface area contributed by atoms with E-state index in [4.69, 9.17) is 16.3 Å². The molecule has 1 aliphatic carbocycles. The fourth-order valence-electron chi connectivity index (χ4n) is 2.50. The van der Waals surface area contributed by atoms with E-state index in [0.717, 1.165) is 18.7 Å². The molecule has 4 rings (SSSR count). The van der Waals surface area contributed by atoms with Crippen molar-refractivity contribution in [3.05, 3.63) is 59.4 Å². The van der Waals surface area contributed by atoms with Crippen LogP contribution >= 0.6 is 23.1 Å². The van der Waals surface area contributed by atoms with Gasteiger partial charge in [-0.1, -0.05) is 11.6 Å². The average Bonchev–Trinajstić information content (AvgIpc) is 3.42. The number of ether oxygens (including phenoxy) is 1. The van der Waals surface area contributed by atoms with Crippen molar-refractivity contribution in [3.63, 3.8) is 0 Å². The molecular formula is C18H16ClN3O3S2. The third kappa shape index (κ3) is 3.92. The molecule has 1 aliphatic rings. The Bertz CT molecular complexity index is 1050. The van der Waals surface area contributed by atoms with Crippen LogP contribution in [0.3, 0.4) is 0 Å². The zero-order valence-electron chi connectivity index (χ0n) is 14.4. The van der Waals surface area contributed by atoms with Crippen LogP contribution in [-0.4, -0.2) is 24.8 Å². The Labute approximate surface area is 166 Å². The molecule has 0 unspecified atom stereocenters. The largest absolute Gasteiger partial charge is 0.430 e. The number of halogens is 1. The van der Waals surface area contributed by atoms with Crippen molar-refractivity contribution >= 4 is 38.8 Å². The molecule has 0 N–H and O–H groups in total. The van der Waals surface area contributed by atoms with Crippen LogP contribution in [0.2, 0.25) is 5.02 Å². The number of hydrogen-bond acceptors (Lipinski definition) is 6. The topological polar surface area (TPSA) is 72.4 Å². The molecule has 3 aromatic rings. The highest BCUT2D eigenvalue weighted by Gasteiger charge is 2.28. The molecule has 9 heteroatoms. The van der Waals surface area contributed by atoms with Gasteiger partial charge in [-0.2, -0.15) is 9.36 Å². The van der Waals surface area contributed by atoms with Crippen molar-refractivity contribution in [3.8, 4) is 10.9 Å². The van der Waals surface area contributed by atoms with Crippen LogP contribution in [0.1, 0.15) is 24.6 Å². The second-order valence-corrected chi connectivity index (χ2v) is 9.34. The van der Waals surface area contributed by atoms with Gasteiger partial charge in [0.25, 0.3) is 15.2 Å². The van der Waals surface area contributed by atoms with E-state index in [1.807, 2.05) is 0 Å². The maximum atomic E-state index is 12.7. The molecule has 0 amide bonds. The molecule has 27 heavy (non-hydrogen) atoms. The van der Waals surface area contributed by atoms with Crippen molar-refractivity contribution in [2.24, 2.45) is 0 Å². The molecule has 0 radical (unpaired) electrons. The van der Waals surface area contributed by atoms with E-state index in [0.29, 0.717) is 27.6 Å². The van der Waals surface area contributed by atoms with E-state index >= 15 is 0 Å². The smallest absolute Gasteiger partial charge is 0.298 e. The summed E-state index contributed by atoms with van der Waals surface area (Å²) in [5, 5.41) is 0.978. The van der Waals surface area contributed by atoms with Gasteiger partial charge in [-0.25, -0.2) is 8.42 Å². The van der Waals surface area contributed by atoms with Crippen LogP contribution in [0.15, 0.2) is 53.4 Å². The predicted octanol–water partition coefficient (Wildman–Crippen LogP) is 4.69. The second-order valence-electron chi connectivity index (χ2n) is 6.22. The Kier molecular flexibility index (Phi) is 4.79. The zero-order valence-corrected chi connectivity index (χ0v) is 16.8. The highest BCUT2D eigenvalue weighted by Crippen LogP contribution is 2.40. The summed E-state index contributed by atoms with van der Waals surface area (Å²) in [7, 11) is -2.16. The zero-order chi connectivity index (χ0) is 19.0. The normalized spacial score (nSPS) is 14.1. The van der Waals surface area contributed by atoms with Gasteiger partial charge in [-0.15, -0.1) is 0 Å². The van der Waals surface area contributed by atoms with Crippen molar-refractivity contribution in [2.45, 2.75) is 23.7 Å². The van der Waals surface area contributed by atoms with Crippen molar-refractivity contribution in [1.82, 2.24) is 9.36 Å². The highest BCUT2D eigenvalue weighted by atomic mass is 35.5. The molecule has 0 aliphatic heterocycles. The molecule has 1 fully saturated rings. The second kappa shape index (κ2) is 7.10. The molecular weight excluding hydrogens is 406 g/mol. The fourth-order valence-corrected chi connectivity index (χ4v) is 4.45. The summed E-state index contributed by atoms with van der Waals surface area (Å²) in [5.74, 6) is 1.91. The van der Waals surface area contributed by atoms with Crippen LogP contribution in [0.4, 0.5) is 5.69 Å². The number of rotatable bonds is 6. The minimum atomic E-state index is -3.67. The molecule has 0 saturated heterocycles. The van der Waals surface area contributed by atoms with Crippen molar-refractivity contribution < 1.29 is 13.2 Å². The Hall–Kier alpha value is -2.16. The molecule has 6 nitrogen and oxygen atoms in total. The summed E-state index contributed by atoms with van der Waals surface area (Å²) in [6.45, 7) is 0. The third-order valence-corrected chi connectivity index (χ3v) is 6.90. The van der Waals surface area contributed by atoms with E-state index in [2.05, 4.69) is 9.36 Å². The number of benzene rings is 2. The maximum absolute atomic E-state index is 12.7. The van der Waals surface area contributed by atoms with Gasteiger partial charge in [0, 0.05) is 29.5 Å². The lowest BCUT2D eigenvalue weighted by atomic mass is 10.3. The van der Waals surface area contributed by atoms with E-state index in [1.165, 1.54) is 35.0 Å². The molecule has 1 heterocycles. The Morgan fingerprint density at radius 1 is 1.11 bits per heavy atom. The lowest BCUT2D eigenvalue weighted by Gasteiger charge is -2.19. The van der Waals surface area contributed by atoms with Crippen molar-refractivity contribution in [1.29, 1.82) is 0 Å². The van der Waals surface area contributed by atoms with Crippen LogP contribution in [0.5, 0.6) is 10.9 Å². The number of anilines is 1. The van der Waals surface area contributed by atoms with Crippen molar-refractivity contribution in [2.75, 3.05) is 11.4 Å². The van der Waals surface area contributed by atoms with E-state index in [1.54, 1.807) is 36.4 Å². The van der Waals surface area contributed by atoms with Gasteiger partial charge in [-0.3, -0.25) is 4.31 Å². The monoisotopic (exact) mass is 421 g/mol. The van der Waals surface area contributed by atoms with Crippen LogP contribution in [0, 0.1) is 0 Å². The summed E-state index contributed by atoms with van der Waals surface area (Å²) in [6, 6.07) is 12.9. The summed E-state index contributed by atoms with van der Waals surface area (Å²) < 4.78 is 36.7. The Morgan fingerprint density at radius 2 is 1.78 bits per heavy atom. The number of aromatic nitrogens is 2. The van der Waals surface area contributed by atoms with Gasteiger partial charge in [0.15, 0.2) is 0 Å². The molecule has 1 aromatic heterocycles. The first-order chi connectivity index (χ1) is 12.9. The summed E-state index contributed by atoms with van der Waals surface area (Å²) in [5.41, 5.74) is 0.522. The Morgan fingerprint density at radius 3 is 2.41 bits per heavy atom. The molecule has 1 saturated carbocycles. The van der Waals surface area contributed by atoms with Gasteiger partial charge in [0.05, 0.1) is 10.6 Å². The van der Waals surface area contributed by atoms with Gasteiger partial charge in [-0.05, 0) is 61.4 Å². The third-order valence-electron chi connectivity index (χ3n) is 4.24. The van der Waals surface area contributed by atoms with Crippen LogP contribution < -0.4 is 9.04 Å². The number of sulfonamides is 1. The van der Waals surface area contributed by atoms with Gasteiger partial charge in [0.1, 0.15) is 11.6 Å². The molecule has 140 valence electrons. The van der Waals surface area contributed by atoms with E-state index in [-0.39, 0.29) is 4.90 Å². The molecule has 0 bridgehead atoms. The summed E-state index contributed by atoms with van der Waals surface area (Å²) >= 11 is 7.06. The van der Waals surface area contributed by atoms with Gasteiger partial charge < -0.3 is 4.74 Å². The molecule has 0 atom stereocenters. The summed E-state index contributed by atoms with van der Waals surface area (Å²) in [4.78, 5) is 4.56. The first-order valence-electron chi connectivity index (χ1n) is 8.29. The Balaban J connectivity index is 1.49. The lowest BCUT2D eigenvalue weighted by molar-refractivity contribution is 0.477. The first kappa shape index (κ1) is 18.2. The van der Waals surface area contributed by atoms with Crippen LogP contribution in [-0.2, 0) is 10.0 Å². The highest BCUT2D eigenvalue weighted by molar-refractivity contribution is 7.92.